The SMILES string of the molecule is C=CCOc1ccccc1CN=C(N)Nc1ccc(OC(C)C)cc1. The Morgan fingerprint density at radius 3 is 2.60 bits per heavy atom. The molecule has 0 amide bonds. The van der Waals surface area contributed by atoms with Gasteiger partial charge in [0.2, 0.25) is 0 Å². The van der Waals surface area contributed by atoms with Crippen molar-refractivity contribution in [2.75, 3.05) is 11.9 Å². The van der Waals surface area contributed by atoms with Crippen LogP contribution in [-0.4, -0.2) is 18.7 Å². The molecular formula is C20H25N3O2. The summed E-state index contributed by atoms with van der Waals surface area (Å²) in [6.07, 6.45) is 1.86. The van der Waals surface area contributed by atoms with Crippen molar-refractivity contribution in [3.63, 3.8) is 0 Å². The quantitative estimate of drug-likeness (QED) is 0.434. The van der Waals surface area contributed by atoms with Gasteiger partial charge in [-0.15, -0.1) is 0 Å². The van der Waals surface area contributed by atoms with Gasteiger partial charge in [-0.25, -0.2) is 4.99 Å². The number of hydrogen-bond donors (Lipinski definition) is 2. The maximum atomic E-state index is 5.97. The van der Waals surface area contributed by atoms with Crippen molar-refractivity contribution >= 4 is 11.6 Å². The number of nitrogens with zero attached hydrogens (tertiary/aromatic N) is 1. The van der Waals surface area contributed by atoms with E-state index in [0.29, 0.717) is 19.1 Å². The van der Waals surface area contributed by atoms with Crippen molar-refractivity contribution in [3.05, 3.63) is 66.7 Å². The van der Waals surface area contributed by atoms with E-state index in [9.17, 15) is 0 Å². The number of benzene rings is 2. The molecule has 3 N–H and O–H groups in total. The molecule has 0 aliphatic heterocycles. The standard InChI is InChI=1S/C20H25N3O2/c1-4-13-24-19-8-6-5-7-16(19)14-22-20(21)23-17-9-11-18(12-10-17)25-15(2)3/h4-12,15H,1,13-14H2,2-3H3,(H3,21,22,23). The summed E-state index contributed by atoms with van der Waals surface area (Å²) in [5.41, 5.74) is 7.80. The summed E-state index contributed by atoms with van der Waals surface area (Å²) in [7, 11) is 0. The molecule has 0 aliphatic rings. The number of nitrogens with two attached hydrogens (primary N) is 1. The van der Waals surface area contributed by atoms with E-state index in [2.05, 4.69) is 16.9 Å². The lowest BCUT2D eigenvalue weighted by Gasteiger charge is -2.11. The molecule has 0 saturated carbocycles. The van der Waals surface area contributed by atoms with Gasteiger partial charge in [-0.2, -0.15) is 0 Å². The van der Waals surface area contributed by atoms with E-state index in [-0.39, 0.29) is 6.10 Å². The molecule has 0 unspecified atom stereocenters. The molecule has 5 nitrogen and oxygen atoms in total. The zero-order chi connectivity index (χ0) is 18.1. The normalized spacial score (nSPS) is 11.2. The van der Waals surface area contributed by atoms with E-state index in [1.807, 2.05) is 62.4 Å². The number of nitrogens with one attached hydrogen (secondary N) is 1. The van der Waals surface area contributed by atoms with Crippen molar-refractivity contribution < 1.29 is 9.47 Å². The van der Waals surface area contributed by atoms with Gasteiger partial charge in [0, 0.05) is 11.3 Å². The fourth-order valence-corrected chi connectivity index (χ4v) is 2.17. The van der Waals surface area contributed by atoms with Crippen molar-refractivity contribution in [2.45, 2.75) is 26.5 Å². The van der Waals surface area contributed by atoms with Crippen LogP contribution in [0.15, 0.2) is 66.2 Å². The Hall–Kier alpha value is -2.95. The predicted octanol–water partition coefficient (Wildman–Crippen LogP) is 3.97. The fourth-order valence-electron chi connectivity index (χ4n) is 2.17. The molecule has 2 aromatic rings. The van der Waals surface area contributed by atoms with Crippen LogP contribution in [-0.2, 0) is 6.54 Å². The summed E-state index contributed by atoms with van der Waals surface area (Å²) >= 11 is 0. The molecule has 0 heterocycles. The molecule has 25 heavy (non-hydrogen) atoms. The van der Waals surface area contributed by atoms with E-state index in [1.165, 1.54) is 0 Å². The summed E-state index contributed by atoms with van der Waals surface area (Å²) in [4.78, 5) is 4.38. The van der Waals surface area contributed by atoms with Crippen LogP contribution >= 0.6 is 0 Å². The summed E-state index contributed by atoms with van der Waals surface area (Å²) < 4.78 is 11.2. The van der Waals surface area contributed by atoms with E-state index in [4.69, 9.17) is 15.2 Å². The molecule has 0 aromatic heterocycles. The molecule has 132 valence electrons. The zero-order valence-corrected chi connectivity index (χ0v) is 14.7. The van der Waals surface area contributed by atoms with Crippen LogP contribution in [0.5, 0.6) is 11.5 Å². The summed E-state index contributed by atoms with van der Waals surface area (Å²) in [5.74, 6) is 1.95. The van der Waals surface area contributed by atoms with Crippen molar-refractivity contribution in [3.8, 4) is 11.5 Å². The van der Waals surface area contributed by atoms with Gasteiger partial charge < -0.3 is 20.5 Å². The summed E-state index contributed by atoms with van der Waals surface area (Å²) in [6, 6.07) is 15.3. The third-order valence-electron chi connectivity index (χ3n) is 3.25. The van der Waals surface area contributed by atoms with Gasteiger partial charge in [0.1, 0.15) is 18.1 Å². The van der Waals surface area contributed by atoms with Gasteiger partial charge in [0.05, 0.1) is 12.6 Å². The highest BCUT2D eigenvalue weighted by atomic mass is 16.5. The lowest BCUT2D eigenvalue weighted by molar-refractivity contribution is 0.242. The molecule has 5 heteroatoms. The molecule has 2 aromatic carbocycles. The van der Waals surface area contributed by atoms with Gasteiger partial charge in [-0.1, -0.05) is 30.9 Å². The van der Waals surface area contributed by atoms with Crippen LogP contribution in [0, 0.1) is 0 Å². The van der Waals surface area contributed by atoms with Crippen LogP contribution in [0.3, 0.4) is 0 Å². The second-order valence-electron chi connectivity index (χ2n) is 5.72. The number of rotatable bonds is 8. The van der Waals surface area contributed by atoms with E-state index in [1.54, 1.807) is 6.08 Å². The maximum Gasteiger partial charge on any atom is 0.193 e. The number of anilines is 1. The van der Waals surface area contributed by atoms with Gasteiger partial charge in [0.25, 0.3) is 0 Å². The molecule has 2 rings (SSSR count). The number of hydrogen-bond acceptors (Lipinski definition) is 3. The number of aliphatic imine (C=N–C) groups is 1. The minimum atomic E-state index is 0.147. The Balaban J connectivity index is 1.97. The van der Waals surface area contributed by atoms with Crippen molar-refractivity contribution in [2.24, 2.45) is 10.7 Å². The highest BCUT2D eigenvalue weighted by Crippen LogP contribution is 2.19. The lowest BCUT2D eigenvalue weighted by Crippen LogP contribution is -2.22. The average molecular weight is 339 g/mol. The highest BCUT2D eigenvalue weighted by molar-refractivity contribution is 5.92. The summed E-state index contributed by atoms with van der Waals surface area (Å²) in [6.45, 7) is 8.53. The lowest BCUT2D eigenvalue weighted by atomic mass is 10.2. The largest absolute Gasteiger partial charge is 0.491 e. The molecule has 0 saturated heterocycles. The third-order valence-corrected chi connectivity index (χ3v) is 3.25. The van der Waals surface area contributed by atoms with Crippen LogP contribution in [0.25, 0.3) is 0 Å². The monoisotopic (exact) mass is 339 g/mol. The van der Waals surface area contributed by atoms with Gasteiger partial charge in [-0.3, -0.25) is 0 Å². The maximum absolute atomic E-state index is 5.97. The molecular weight excluding hydrogens is 314 g/mol. The average Bonchev–Trinajstić information content (AvgIpc) is 2.60. The molecule has 0 bridgehead atoms. The van der Waals surface area contributed by atoms with Crippen LogP contribution in [0.4, 0.5) is 5.69 Å². The minimum Gasteiger partial charge on any atom is -0.491 e. The van der Waals surface area contributed by atoms with Crippen molar-refractivity contribution in [1.82, 2.24) is 0 Å². The first kappa shape index (κ1) is 18.4. The van der Waals surface area contributed by atoms with Crippen molar-refractivity contribution in [1.29, 1.82) is 0 Å². The number of guanidine groups is 1. The molecule has 0 spiro atoms. The minimum absolute atomic E-state index is 0.147. The Morgan fingerprint density at radius 2 is 1.92 bits per heavy atom. The summed E-state index contributed by atoms with van der Waals surface area (Å²) in [5, 5.41) is 3.07. The predicted molar refractivity (Wildman–Crippen MR) is 103 cm³/mol. The Morgan fingerprint density at radius 1 is 1.20 bits per heavy atom. The topological polar surface area (TPSA) is 68.9 Å². The van der Waals surface area contributed by atoms with Gasteiger partial charge in [0.15, 0.2) is 5.96 Å². The van der Waals surface area contributed by atoms with Crippen LogP contribution in [0.2, 0.25) is 0 Å². The zero-order valence-electron chi connectivity index (χ0n) is 14.7. The third kappa shape index (κ3) is 6.22. The number of ether oxygens (including phenoxy) is 2. The second-order valence-corrected chi connectivity index (χ2v) is 5.72. The fraction of sp³-hybridized carbons (Fsp3) is 0.250. The van der Waals surface area contributed by atoms with Gasteiger partial charge in [-0.05, 0) is 44.2 Å². The molecule has 0 atom stereocenters. The van der Waals surface area contributed by atoms with E-state index < -0.39 is 0 Å². The van der Waals surface area contributed by atoms with E-state index >= 15 is 0 Å². The van der Waals surface area contributed by atoms with E-state index in [0.717, 1.165) is 22.7 Å². The van der Waals surface area contributed by atoms with Crippen LogP contribution < -0.4 is 20.5 Å². The van der Waals surface area contributed by atoms with Crippen LogP contribution in [0.1, 0.15) is 19.4 Å². The smallest absolute Gasteiger partial charge is 0.193 e. The Kier molecular flexibility index (Phi) is 6.89. The Labute approximate surface area is 149 Å². The first-order valence-corrected chi connectivity index (χ1v) is 8.23. The number of para-hydroxylation sites is 1. The highest BCUT2D eigenvalue weighted by Gasteiger charge is 2.03. The first-order valence-electron chi connectivity index (χ1n) is 8.23. The Bertz CT molecular complexity index is 709. The molecule has 0 fully saturated rings. The molecule has 0 aliphatic carbocycles. The first-order chi connectivity index (χ1) is 12.1. The van der Waals surface area contributed by atoms with Gasteiger partial charge >= 0.3 is 0 Å². The second kappa shape index (κ2) is 9.37. The molecule has 0 radical (unpaired) electrons.